The van der Waals surface area contributed by atoms with Gasteiger partial charge in [0.05, 0.1) is 17.3 Å². The van der Waals surface area contributed by atoms with Crippen molar-refractivity contribution in [1.29, 1.82) is 0 Å². The maximum Gasteiger partial charge on any atom is 0.128 e. The van der Waals surface area contributed by atoms with Crippen molar-refractivity contribution in [3.05, 3.63) is 34.7 Å². The van der Waals surface area contributed by atoms with Gasteiger partial charge in [0.15, 0.2) is 0 Å². The Balaban J connectivity index is 1.78. The summed E-state index contributed by atoms with van der Waals surface area (Å²) in [6.45, 7) is 3.84. The summed E-state index contributed by atoms with van der Waals surface area (Å²) in [6, 6.07) is 8.74. The molecule has 1 aliphatic rings. The van der Waals surface area contributed by atoms with Gasteiger partial charge in [0.25, 0.3) is 0 Å². The van der Waals surface area contributed by atoms with E-state index in [-0.39, 0.29) is 0 Å². The second kappa shape index (κ2) is 6.37. The quantitative estimate of drug-likeness (QED) is 0.914. The second-order valence-corrected chi connectivity index (χ2v) is 6.00. The van der Waals surface area contributed by atoms with E-state index >= 15 is 0 Å². The highest BCUT2D eigenvalue weighted by molar-refractivity contribution is 7.09. The molecule has 2 aromatic rings. The molecule has 2 heterocycles. The molecule has 1 aromatic carbocycles. The minimum atomic E-state index is 0.608. The van der Waals surface area contributed by atoms with Crippen LogP contribution in [0.3, 0.4) is 0 Å². The van der Waals surface area contributed by atoms with Crippen molar-refractivity contribution in [2.75, 3.05) is 13.2 Å². The van der Waals surface area contributed by atoms with E-state index in [1.54, 1.807) is 11.3 Å². The number of thiazole rings is 1. The fourth-order valence-corrected chi connectivity index (χ4v) is 3.51. The number of hydrogen-bond donors (Lipinski definition) is 1. The summed E-state index contributed by atoms with van der Waals surface area (Å²) in [5.41, 5.74) is 2.13. The van der Waals surface area contributed by atoms with Crippen LogP contribution < -0.4 is 10.1 Å². The number of aromatic nitrogens is 1. The summed E-state index contributed by atoms with van der Waals surface area (Å²) in [4.78, 5) is 4.79. The van der Waals surface area contributed by atoms with Crippen LogP contribution in [0.15, 0.2) is 29.6 Å². The van der Waals surface area contributed by atoms with Gasteiger partial charge in [0.1, 0.15) is 5.75 Å². The van der Waals surface area contributed by atoms with Crippen molar-refractivity contribution in [3.8, 4) is 17.0 Å². The predicted octanol–water partition coefficient (Wildman–Crippen LogP) is 3.50. The number of benzene rings is 1. The highest BCUT2D eigenvalue weighted by Crippen LogP contribution is 2.31. The highest BCUT2D eigenvalue weighted by atomic mass is 32.1. The van der Waals surface area contributed by atoms with Crippen LogP contribution in [0.2, 0.25) is 0 Å². The molecule has 1 N–H and O–H groups in total. The minimum Gasteiger partial charge on any atom is -0.493 e. The van der Waals surface area contributed by atoms with Crippen molar-refractivity contribution >= 4 is 11.3 Å². The fourth-order valence-electron chi connectivity index (χ4n) is 2.63. The number of hydrogen-bond acceptors (Lipinski definition) is 4. The topological polar surface area (TPSA) is 34.1 Å². The molecule has 0 radical (unpaired) electrons. The van der Waals surface area contributed by atoms with Gasteiger partial charge in [-0.15, -0.1) is 11.3 Å². The largest absolute Gasteiger partial charge is 0.493 e. The molecule has 3 nitrogen and oxygen atoms in total. The van der Waals surface area contributed by atoms with Crippen molar-refractivity contribution < 1.29 is 4.74 Å². The summed E-state index contributed by atoms with van der Waals surface area (Å²) < 4.78 is 5.69. The van der Waals surface area contributed by atoms with Crippen LogP contribution in [-0.2, 0) is 6.42 Å². The second-order valence-electron chi connectivity index (χ2n) is 5.05. The zero-order valence-electron chi connectivity index (χ0n) is 11.8. The Labute approximate surface area is 124 Å². The van der Waals surface area contributed by atoms with Crippen LogP contribution in [0.25, 0.3) is 11.3 Å². The lowest BCUT2D eigenvalue weighted by atomic mass is 10.1. The number of nitrogens with zero attached hydrogens (tertiary/aromatic N) is 1. The van der Waals surface area contributed by atoms with Crippen molar-refractivity contribution in [3.63, 3.8) is 0 Å². The third kappa shape index (κ3) is 3.02. The molecular formula is C16H20N2OS. The smallest absolute Gasteiger partial charge is 0.128 e. The molecule has 1 unspecified atom stereocenters. The van der Waals surface area contributed by atoms with E-state index in [2.05, 4.69) is 16.8 Å². The molecule has 3 rings (SSSR count). The van der Waals surface area contributed by atoms with E-state index in [1.165, 1.54) is 17.8 Å². The predicted molar refractivity (Wildman–Crippen MR) is 83.4 cm³/mol. The molecule has 1 aliphatic heterocycles. The van der Waals surface area contributed by atoms with Crippen LogP contribution in [0.4, 0.5) is 0 Å². The number of para-hydroxylation sites is 1. The van der Waals surface area contributed by atoms with Gasteiger partial charge < -0.3 is 10.1 Å². The summed E-state index contributed by atoms with van der Waals surface area (Å²) in [5.74, 6) is 0.922. The van der Waals surface area contributed by atoms with E-state index in [0.717, 1.165) is 30.0 Å². The average Bonchev–Trinajstić information content (AvgIpc) is 3.12. The van der Waals surface area contributed by atoms with Crippen LogP contribution in [0.5, 0.6) is 5.75 Å². The summed E-state index contributed by atoms with van der Waals surface area (Å²) in [5, 5.41) is 6.88. The lowest BCUT2D eigenvalue weighted by molar-refractivity contribution is 0.341. The van der Waals surface area contributed by atoms with E-state index < -0.39 is 0 Å². The molecule has 0 bridgehead atoms. The zero-order valence-corrected chi connectivity index (χ0v) is 12.6. The molecule has 1 saturated heterocycles. The Morgan fingerprint density at radius 1 is 1.40 bits per heavy atom. The third-order valence-electron chi connectivity index (χ3n) is 3.60. The van der Waals surface area contributed by atoms with E-state index in [0.29, 0.717) is 12.6 Å². The van der Waals surface area contributed by atoms with Gasteiger partial charge in [-0.2, -0.15) is 0 Å². The Morgan fingerprint density at radius 3 is 3.10 bits per heavy atom. The van der Waals surface area contributed by atoms with Crippen LogP contribution >= 0.6 is 11.3 Å². The summed E-state index contributed by atoms with van der Waals surface area (Å²) in [6.07, 6.45) is 3.60. The summed E-state index contributed by atoms with van der Waals surface area (Å²) >= 11 is 1.75. The SMILES string of the molecule is CCOc1ccccc1-c1csc(CC2CCCN2)n1. The maximum atomic E-state index is 5.69. The molecule has 0 aliphatic carbocycles. The lowest BCUT2D eigenvalue weighted by Crippen LogP contribution is -2.23. The maximum absolute atomic E-state index is 5.69. The highest BCUT2D eigenvalue weighted by Gasteiger charge is 2.17. The third-order valence-corrected chi connectivity index (χ3v) is 4.47. The van der Waals surface area contributed by atoms with Crippen LogP contribution in [0.1, 0.15) is 24.8 Å². The molecule has 1 atom stereocenters. The Morgan fingerprint density at radius 2 is 2.30 bits per heavy atom. The number of ether oxygens (including phenoxy) is 1. The molecule has 0 spiro atoms. The zero-order chi connectivity index (χ0) is 13.8. The van der Waals surface area contributed by atoms with E-state index in [9.17, 15) is 0 Å². The van der Waals surface area contributed by atoms with Gasteiger partial charge in [-0.3, -0.25) is 0 Å². The first kappa shape index (κ1) is 13.6. The lowest BCUT2D eigenvalue weighted by Gasteiger charge is -2.08. The van der Waals surface area contributed by atoms with Gasteiger partial charge >= 0.3 is 0 Å². The molecule has 20 heavy (non-hydrogen) atoms. The first-order valence-electron chi connectivity index (χ1n) is 7.27. The molecule has 1 fully saturated rings. The molecule has 106 valence electrons. The van der Waals surface area contributed by atoms with E-state index in [4.69, 9.17) is 9.72 Å². The summed E-state index contributed by atoms with van der Waals surface area (Å²) in [7, 11) is 0. The minimum absolute atomic E-state index is 0.608. The first-order chi connectivity index (χ1) is 9.86. The van der Waals surface area contributed by atoms with Crippen molar-refractivity contribution in [2.24, 2.45) is 0 Å². The van der Waals surface area contributed by atoms with Gasteiger partial charge in [-0.25, -0.2) is 4.98 Å². The van der Waals surface area contributed by atoms with Gasteiger partial charge in [0, 0.05) is 23.4 Å². The van der Waals surface area contributed by atoms with Crippen molar-refractivity contribution in [1.82, 2.24) is 10.3 Å². The Hall–Kier alpha value is -1.39. The fraction of sp³-hybridized carbons (Fsp3) is 0.438. The average molecular weight is 288 g/mol. The van der Waals surface area contributed by atoms with Crippen LogP contribution in [0, 0.1) is 0 Å². The number of rotatable bonds is 5. The normalized spacial score (nSPS) is 18.4. The number of nitrogens with one attached hydrogen (secondary N) is 1. The monoisotopic (exact) mass is 288 g/mol. The van der Waals surface area contributed by atoms with Gasteiger partial charge in [-0.1, -0.05) is 12.1 Å². The first-order valence-corrected chi connectivity index (χ1v) is 8.14. The van der Waals surface area contributed by atoms with Gasteiger partial charge in [-0.05, 0) is 38.4 Å². The molecule has 0 saturated carbocycles. The Bertz CT molecular complexity index is 561. The Kier molecular flexibility index (Phi) is 4.33. The van der Waals surface area contributed by atoms with Gasteiger partial charge in [0.2, 0.25) is 0 Å². The molecule has 4 heteroatoms. The van der Waals surface area contributed by atoms with Crippen LogP contribution in [-0.4, -0.2) is 24.2 Å². The standard InChI is InChI=1S/C16H20N2OS/c1-2-19-15-8-4-3-7-13(15)14-11-20-16(18-14)10-12-6-5-9-17-12/h3-4,7-8,11-12,17H,2,5-6,9-10H2,1H3. The van der Waals surface area contributed by atoms with Crippen molar-refractivity contribution in [2.45, 2.75) is 32.2 Å². The molecule has 1 aromatic heterocycles. The molecular weight excluding hydrogens is 268 g/mol. The van der Waals surface area contributed by atoms with E-state index in [1.807, 2.05) is 25.1 Å². The molecule has 0 amide bonds.